The minimum atomic E-state index is 0.0156. The molecule has 0 fully saturated rings. The Hall–Kier alpha value is -0.950. The fourth-order valence-electron chi connectivity index (χ4n) is 1.97. The highest BCUT2D eigenvalue weighted by atomic mass is 35.5. The van der Waals surface area contributed by atoms with Gasteiger partial charge in [0.1, 0.15) is 0 Å². The number of benzene rings is 1. The molecule has 0 saturated carbocycles. The van der Waals surface area contributed by atoms with Crippen LogP contribution in [0.1, 0.15) is 26.3 Å². The Balaban J connectivity index is 2.56. The van der Waals surface area contributed by atoms with E-state index in [0.29, 0.717) is 0 Å². The molecule has 0 bridgehead atoms. The number of fused-ring (bicyclic) bond motifs is 1. The van der Waals surface area contributed by atoms with Crippen molar-refractivity contribution in [3.63, 3.8) is 0 Å². The molecule has 2 rings (SSSR count). The molecule has 0 radical (unpaired) electrons. The van der Waals surface area contributed by atoms with Gasteiger partial charge in [-0.25, -0.2) is 0 Å². The van der Waals surface area contributed by atoms with Crippen molar-refractivity contribution < 1.29 is 0 Å². The van der Waals surface area contributed by atoms with Gasteiger partial charge in [0, 0.05) is 16.3 Å². The van der Waals surface area contributed by atoms with Gasteiger partial charge in [-0.05, 0) is 38.5 Å². The summed E-state index contributed by atoms with van der Waals surface area (Å²) in [5, 5.41) is 4.23. The minimum Gasteiger partial charge on any atom is -0.376 e. The molecular weight excluding hydrogens is 194 g/mol. The van der Waals surface area contributed by atoms with Crippen LogP contribution in [0.5, 0.6) is 0 Å². The zero-order valence-electron chi connectivity index (χ0n) is 8.69. The minimum absolute atomic E-state index is 0.0156. The maximum atomic E-state index is 5.96. The van der Waals surface area contributed by atoms with Crippen LogP contribution in [0.2, 0.25) is 5.02 Å². The van der Waals surface area contributed by atoms with Crippen LogP contribution in [0.4, 0.5) is 5.69 Å². The van der Waals surface area contributed by atoms with Crippen LogP contribution >= 0.6 is 11.6 Å². The summed E-state index contributed by atoms with van der Waals surface area (Å²) in [7, 11) is 0. The van der Waals surface area contributed by atoms with Crippen molar-refractivity contribution in [2.75, 3.05) is 5.32 Å². The first-order valence-corrected chi connectivity index (χ1v) is 5.13. The fourth-order valence-corrected chi connectivity index (χ4v) is 2.14. The lowest BCUT2D eigenvalue weighted by Gasteiger charge is -2.31. The molecule has 1 nitrogen and oxygen atoms in total. The second kappa shape index (κ2) is 3.03. The summed E-state index contributed by atoms with van der Waals surface area (Å²) in [5.74, 6) is 0. The smallest absolute Gasteiger partial charge is 0.0505 e. The normalized spacial score (nSPS) is 18.1. The molecule has 0 saturated heterocycles. The zero-order valence-corrected chi connectivity index (χ0v) is 9.44. The van der Waals surface area contributed by atoms with Crippen LogP contribution in [-0.2, 0) is 0 Å². The van der Waals surface area contributed by atoms with Crippen LogP contribution in [0, 0.1) is 0 Å². The standard InChI is InChI=1S/C12H14ClN/c1-8-7-12(2,3)14-11-6-9(13)4-5-10(8)11/h4-7,14H,1-3H3. The first kappa shape index (κ1) is 9.60. The summed E-state index contributed by atoms with van der Waals surface area (Å²) in [6, 6.07) is 5.97. The zero-order chi connectivity index (χ0) is 10.3. The van der Waals surface area contributed by atoms with Crippen LogP contribution in [-0.4, -0.2) is 5.54 Å². The number of nitrogens with one attached hydrogen (secondary N) is 1. The van der Waals surface area contributed by atoms with E-state index in [1.807, 2.05) is 12.1 Å². The lowest BCUT2D eigenvalue weighted by Crippen LogP contribution is -2.31. The van der Waals surface area contributed by atoms with E-state index in [4.69, 9.17) is 11.6 Å². The van der Waals surface area contributed by atoms with E-state index in [-0.39, 0.29) is 5.54 Å². The van der Waals surface area contributed by atoms with Gasteiger partial charge in [-0.1, -0.05) is 23.7 Å². The summed E-state index contributed by atoms with van der Waals surface area (Å²) in [5.41, 5.74) is 3.69. The molecule has 2 heteroatoms. The Labute approximate surface area is 89.8 Å². The molecule has 1 aromatic carbocycles. The first-order valence-electron chi connectivity index (χ1n) is 4.75. The SMILES string of the molecule is CC1=CC(C)(C)Nc2cc(Cl)ccc21. The number of halogens is 1. The van der Waals surface area contributed by atoms with E-state index >= 15 is 0 Å². The maximum absolute atomic E-state index is 5.96. The Kier molecular flexibility index (Phi) is 2.07. The molecule has 1 aliphatic heterocycles. The molecular formula is C12H14ClN. The lowest BCUT2D eigenvalue weighted by atomic mass is 9.91. The lowest BCUT2D eigenvalue weighted by molar-refractivity contribution is 0.707. The molecule has 1 aromatic rings. The van der Waals surface area contributed by atoms with E-state index in [1.54, 1.807) is 0 Å². The van der Waals surface area contributed by atoms with Gasteiger partial charge in [-0.3, -0.25) is 0 Å². The van der Waals surface area contributed by atoms with Crippen molar-refractivity contribution in [3.8, 4) is 0 Å². The van der Waals surface area contributed by atoms with Crippen molar-refractivity contribution in [1.82, 2.24) is 0 Å². The summed E-state index contributed by atoms with van der Waals surface area (Å²) >= 11 is 5.96. The van der Waals surface area contributed by atoms with Crippen molar-refractivity contribution in [2.24, 2.45) is 0 Å². The van der Waals surface area contributed by atoms with E-state index in [9.17, 15) is 0 Å². The predicted molar refractivity (Wildman–Crippen MR) is 62.8 cm³/mol. The Bertz CT molecular complexity index is 405. The third kappa shape index (κ3) is 1.64. The van der Waals surface area contributed by atoms with E-state index in [2.05, 4.69) is 38.2 Å². The van der Waals surface area contributed by atoms with Gasteiger partial charge in [-0.2, -0.15) is 0 Å². The molecule has 1 N–H and O–H groups in total. The van der Waals surface area contributed by atoms with Crippen LogP contribution in [0.25, 0.3) is 5.57 Å². The van der Waals surface area contributed by atoms with Gasteiger partial charge >= 0.3 is 0 Å². The fraction of sp³-hybridized carbons (Fsp3) is 0.333. The third-order valence-corrected chi connectivity index (χ3v) is 2.68. The topological polar surface area (TPSA) is 12.0 Å². The number of anilines is 1. The van der Waals surface area contributed by atoms with Gasteiger partial charge < -0.3 is 5.32 Å². The molecule has 14 heavy (non-hydrogen) atoms. The number of hydrogen-bond acceptors (Lipinski definition) is 1. The summed E-state index contributed by atoms with van der Waals surface area (Å²) in [4.78, 5) is 0. The van der Waals surface area contributed by atoms with E-state index in [1.165, 1.54) is 11.1 Å². The Morgan fingerprint density at radius 3 is 2.71 bits per heavy atom. The summed E-state index contributed by atoms with van der Waals surface area (Å²) in [6.07, 6.45) is 2.24. The van der Waals surface area contributed by atoms with Crippen molar-refractivity contribution in [3.05, 3.63) is 34.9 Å². The number of hydrogen-bond donors (Lipinski definition) is 1. The quantitative estimate of drug-likeness (QED) is 0.680. The number of rotatable bonds is 0. The highest BCUT2D eigenvalue weighted by Crippen LogP contribution is 2.34. The third-order valence-electron chi connectivity index (χ3n) is 2.44. The van der Waals surface area contributed by atoms with E-state index < -0.39 is 0 Å². The second-order valence-corrected chi connectivity index (χ2v) is 4.80. The molecule has 0 aromatic heterocycles. The van der Waals surface area contributed by atoms with Gasteiger partial charge in [-0.15, -0.1) is 0 Å². The highest BCUT2D eigenvalue weighted by Gasteiger charge is 2.21. The van der Waals surface area contributed by atoms with Crippen LogP contribution in [0.3, 0.4) is 0 Å². The predicted octanol–water partition coefficient (Wildman–Crippen LogP) is 3.95. The highest BCUT2D eigenvalue weighted by molar-refractivity contribution is 6.31. The maximum Gasteiger partial charge on any atom is 0.0505 e. The average Bonchev–Trinajstić information content (AvgIpc) is 2.00. The molecule has 0 atom stereocenters. The van der Waals surface area contributed by atoms with Crippen molar-refractivity contribution in [2.45, 2.75) is 26.3 Å². The van der Waals surface area contributed by atoms with Crippen molar-refractivity contribution >= 4 is 22.9 Å². The van der Waals surface area contributed by atoms with Gasteiger partial charge in [0.2, 0.25) is 0 Å². The molecule has 74 valence electrons. The summed E-state index contributed by atoms with van der Waals surface area (Å²) in [6.45, 7) is 6.44. The molecule has 1 heterocycles. The average molecular weight is 208 g/mol. The van der Waals surface area contributed by atoms with E-state index in [0.717, 1.165) is 10.7 Å². The number of allylic oxidation sites excluding steroid dienone is 1. The van der Waals surface area contributed by atoms with Crippen LogP contribution < -0.4 is 5.32 Å². The van der Waals surface area contributed by atoms with Gasteiger partial charge in [0.25, 0.3) is 0 Å². The molecule has 0 amide bonds. The molecule has 0 unspecified atom stereocenters. The molecule has 0 spiro atoms. The first-order chi connectivity index (χ1) is 6.48. The largest absolute Gasteiger partial charge is 0.376 e. The summed E-state index contributed by atoms with van der Waals surface area (Å²) < 4.78 is 0. The Morgan fingerprint density at radius 1 is 1.29 bits per heavy atom. The van der Waals surface area contributed by atoms with Crippen LogP contribution in [0.15, 0.2) is 24.3 Å². The molecule has 0 aliphatic carbocycles. The second-order valence-electron chi connectivity index (χ2n) is 4.36. The van der Waals surface area contributed by atoms with Gasteiger partial charge in [0.15, 0.2) is 0 Å². The monoisotopic (exact) mass is 207 g/mol. The van der Waals surface area contributed by atoms with Crippen molar-refractivity contribution in [1.29, 1.82) is 0 Å². The van der Waals surface area contributed by atoms with Gasteiger partial charge in [0.05, 0.1) is 5.54 Å². The molecule has 1 aliphatic rings. The Morgan fingerprint density at radius 2 is 2.00 bits per heavy atom.